The van der Waals surface area contributed by atoms with Gasteiger partial charge in [0.1, 0.15) is 0 Å². The summed E-state index contributed by atoms with van der Waals surface area (Å²) in [4.78, 5) is 23.7. The number of carbonyl (C=O) groups is 2. The van der Waals surface area contributed by atoms with Crippen molar-refractivity contribution in [2.75, 3.05) is 13.1 Å². The Morgan fingerprint density at radius 2 is 1.71 bits per heavy atom. The van der Waals surface area contributed by atoms with Gasteiger partial charge in [0.25, 0.3) is 5.91 Å². The summed E-state index contributed by atoms with van der Waals surface area (Å²) in [6.07, 6.45) is 0.921. The maximum absolute atomic E-state index is 11.9. The van der Waals surface area contributed by atoms with Gasteiger partial charge in [-0.2, -0.15) is 0 Å². The van der Waals surface area contributed by atoms with Crippen molar-refractivity contribution in [2.24, 2.45) is 0 Å². The number of amides is 2. The molecule has 0 saturated heterocycles. The molecular weight excluding hydrogens is 347 g/mol. The fraction of sp³-hybridized carbons (Fsp3) is 0.222. The minimum atomic E-state index is -0.285. The van der Waals surface area contributed by atoms with Crippen molar-refractivity contribution >= 4 is 35.0 Å². The van der Waals surface area contributed by atoms with Crippen molar-refractivity contribution in [3.05, 3.63) is 69.7 Å². The molecule has 24 heavy (non-hydrogen) atoms. The molecule has 2 aromatic rings. The van der Waals surface area contributed by atoms with E-state index in [9.17, 15) is 9.59 Å². The first-order valence-corrected chi connectivity index (χ1v) is 8.36. The average Bonchev–Trinajstić information content (AvgIpc) is 2.55. The van der Waals surface area contributed by atoms with Gasteiger partial charge in [0.15, 0.2) is 0 Å². The molecule has 0 saturated carbocycles. The Bertz CT molecular complexity index is 720. The zero-order chi connectivity index (χ0) is 17.4. The molecule has 2 N–H and O–H groups in total. The molecule has 2 amide bonds. The molecule has 0 heterocycles. The zero-order valence-electron chi connectivity index (χ0n) is 13.0. The van der Waals surface area contributed by atoms with Crippen molar-refractivity contribution in [3.8, 4) is 0 Å². The summed E-state index contributed by atoms with van der Waals surface area (Å²) in [7, 11) is 0. The second kappa shape index (κ2) is 9.30. The molecule has 0 atom stereocenters. The maximum atomic E-state index is 11.9. The lowest BCUT2D eigenvalue weighted by Gasteiger charge is -2.08. The fourth-order valence-electron chi connectivity index (χ4n) is 2.16. The molecule has 0 spiro atoms. The predicted molar refractivity (Wildman–Crippen MR) is 96.6 cm³/mol. The topological polar surface area (TPSA) is 58.2 Å². The van der Waals surface area contributed by atoms with Crippen LogP contribution in [0.2, 0.25) is 10.0 Å². The molecule has 0 aliphatic heterocycles. The SMILES string of the molecule is O=C(CCNC(=O)c1ccccc1Cl)NCCc1cccc(Cl)c1. The first-order valence-electron chi connectivity index (χ1n) is 7.60. The van der Waals surface area contributed by atoms with Gasteiger partial charge in [-0.05, 0) is 36.2 Å². The lowest BCUT2D eigenvalue weighted by atomic mass is 10.1. The van der Waals surface area contributed by atoms with E-state index in [1.54, 1.807) is 24.3 Å². The Morgan fingerprint density at radius 3 is 2.46 bits per heavy atom. The Morgan fingerprint density at radius 1 is 0.917 bits per heavy atom. The minimum Gasteiger partial charge on any atom is -0.356 e. The van der Waals surface area contributed by atoms with Gasteiger partial charge in [-0.25, -0.2) is 0 Å². The summed E-state index contributed by atoms with van der Waals surface area (Å²) in [6, 6.07) is 14.3. The number of benzene rings is 2. The Hall–Kier alpha value is -2.04. The van der Waals surface area contributed by atoms with Crippen LogP contribution < -0.4 is 10.6 Å². The van der Waals surface area contributed by atoms with Gasteiger partial charge in [0.2, 0.25) is 5.91 Å². The van der Waals surface area contributed by atoms with Gasteiger partial charge in [-0.15, -0.1) is 0 Å². The quantitative estimate of drug-likeness (QED) is 0.789. The van der Waals surface area contributed by atoms with Crippen molar-refractivity contribution in [3.63, 3.8) is 0 Å². The van der Waals surface area contributed by atoms with Gasteiger partial charge in [0.05, 0.1) is 10.6 Å². The van der Waals surface area contributed by atoms with Gasteiger partial charge < -0.3 is 10.6 Å². The smallest absolute Gasteiger partial charge is 0.252 e. The number of halogens is 2. The molecular formula is C18H18Cl2N2O2. The molecule has 4 nitrogen and oxygen atoms in total. The zero-order valence-corrected chi connectivity index (χ0v) is 14.5. The molecule has 0 aliphatic rings. The van der Waals surface area contributed by atoms with Crippen LogP contribution in [0.25, 0.3) is 0 Å². The number of carbonyl (C=O) groups excluding carboxylic acids is 2. The van der Waals surface area contributed by atoms with Crippen molar-refractivity contribution in [1.29, 1.82) is 0 Å². The third-order valence-electron chi connectivity index (χ3n) is 3.38. The van der Waals surface area contributed by atoms with E-state index < -0.39 is 0 Å². The van der Waals surface area contributed by atoms with Crippen LogP contribution >= 0.6 is 23.2 Å². The molecule has 0 bridgehead atoms. The highest BCUT2D eigenvalue weighted by Crippen LogP contribution is 2.14. The van der Waals surface area contributed by atoms with Crippen molar-refractivity contribution in [2.45, 2.75) is 12.8 Å². The summed E-state index contributed by atoms with van der Waals surface area (Å²) >= 11 is 11.9. The van der Waals surface area contributed by atoms with E-state index in [0.29, 0.717) is 28.6 Å². The molecule has 6 heteroatoms. The van der Waals surface area contributed by atoms with E-state index in [-0.39, 0.29) is 24.8 Å². The normalized spacial score (nSPS) is 10.2. The molecule has 0 radical (unpaired) electrons. The second-order valence-electron chi connectivity index (χ2n) is 5.22. The Kier molecular flexibility index (Phi) is 7.09. The summed E-state index contributed by atoms with van der Waals surface area (Å²) in [5, 5.41) is 6.57. The van der Waals surface area contributed by atoms with E-state index in [2.05, 4.69) is 10.6 Å². The van der Waals surface area contributed by atoms with E-state index in [4.69, 9.17) is 23.2 Å². The van der Waals surface area contributed by atoms with Crippen LogP contribution in [-0.2, 0) is 11.2 Å². The summed E-state index contributed by atoms with van der Waals surface area (Å²) in [5.41, 5.74) is 1.47. The van der Waals surface area contributed by atoms with Crippen LogP contribution in [0.5, 0.6) is 0 Å². The maximum Gasteiger partial charge on any atom is 0.252 e. The average molecular weight is 365 g/mol. The van der Waals surface area contributed by atoms with Gasteiger partial charge in [0, 0.05) is 24.5 Å². The van der Waals surface area contributed by atoms with E-state index in [1.165, 1.54) is 0 Å². The third-order valence-corrected chi connectivity index (χ3v) is 3.95. The van der Waals surface area contributed by atoms with Crippen molar-refractivity contribution in [1.82, 2.24) is 10.6 Å². The number of hydrogen-bond donors (Lipinski definition) is 2. The third kappa shape index (κ3) is 5.87. The second-order valence-corrected chi connectivity index (χ2v) is 6.06. The lowest BCUT2D eigenvalue weighted by Crippen LogP contribution is -2.31. The standard InChI is InChI=1S/C18H18Cl2N2O2/c19-14-5-3-4-13(12-14)8-10-21-17(23)9-11-22-18(24)15-6-1-2-7-16(15)20/h1-7,12H,8-11H2,(H,21,23)(H,22,24). The van der Waals surface area contributed by atoms with E-state index >= 15 is 0 Å². The fourth-order valence-corrected chi connectivity index (χ4v) is 2.59. The molecule has 0 unspecified atom stereocenters. The molecule has 0 aliphatic carbocycles. The van der Waals surface area contributed by atoms with Crippen LogP contribution in [0.3, 0.4) is 0 Å². The van der Waals surface area contributed by atoms with E-state index in [0.717, 1.165) is 5.56 Å². The molecule has 0 aromatic heterocycles. The molecule has 0 fully saturated rings. The summed E-state index contributed by atoms with van der Waals surface area (Å²) in [5.74, 6) is -0.399. The minimum absolute atomic E-state index is 0.114. The van der Waals surface area contributed by atoms with Crippen LogP contribution in [0.4, 0.5) is 0 Å². The van der Waals surface area contributed by atoms with Gasteiger partial charge in [-0.1, -0.05) is 47.5 Å². The van der Waals surface area contributed by atoms with Crippen molar-refractivity contribution < 1.29 is 9.59 Å². The molecule has 2 aromatic carbocycles. The summed E-state index contributed by atoms with van der Waals surface area (Å²) < 4.78 is 0. The van der Waals surface area contributed by atoms with Crippen LogP contribution in [0.1, 0.15) is 22.3 Å². The van der Waals surface area contributed by atoms with Gasteiger partial charge in [-0.3, -0.25) is 9.59 Å². The highest BCUT2D eigenvalue weighted by molar-refractivity contribution is 6.33. The largest absolute Gasteiger partial charge is 0.356 e. The predicted octanol–water partition coefficient (Wildman–Crippen LogP) is 3.47. The number of hydrogen-bond acceptors (Lipinski definition) is 2. The highest BCUT2D eigenvalue weighted by Gasteiger charge is 2.09. The lowest BCUT2D eigenvalue weighted by molar-refractivity contribution is -0.120. The molecule has 2 rings (SSSR count). The first-order chi connectivity index (χ1) is 11.6. The number of nitrogens with one attached hydrogen (secondary N) is 2. The van der Waals surface area contributed by atoms with Crippen LogP contribution in [0, 0.1) is 0 Å². The van der Waals surface area contributed by atoms with E-state index in [1.807, 2.05) is 24.3 Å². The number of rotatable bonds is 7. The van der Waals surface area contributed by atoms with Crippen LogP contribution in [-0.4, -0.2) is 24.9 Å². The van der Waals surface area contributed by atoms with Gasteiger partial charge >= 0.3 is 0 Å². The van der Waals surface area contributed by atoms with Crippen LogP contribution in [0.15, 0.2) is 48.5 Å². The molecule has 126 valence electrons. The first kappa shape index (κ1) is 18.3. The monoisotopic (exact) mass is 364 g/mol. The summed E-state index contributed by atoms with van der Waals surface area (Å²) in [6.45, 7) is 0.782. The Balaban J connectivity index is 1.66. The Labute approximate surface area is 151 Å². The highest BCUT2D eigenvalue weighted by atomic mass is 35.5.